The first-order valence-electron chi connectivity index (χ1n) is 4.59. The Labute approximate surface area is 86.3 Å². The number of hydrogen-bond donors (Lipinski definition) is 0. The van der Waals surface area contributed by atoms with E-state index in [1.165, 1.54) is 19.3 Å². The van der Waals surface area contributed by atoms with Gasteiger partial charge in [0.15, 0.2) is 0 Å². The van der Waals surface area contributed by atoms with E-state index >= 15 is 0 Å². The Hall–Kier alpha value is -0.640. The van der Waals surface area contributed by atoms with Crippen molar-refractivity contribution in [2.45, 2.75) is 19.3 Å². The molecule has 0 unspecified atom stereocenters. The van der Waals surface area contributed by atoms with Crippen LogP contribution in [0.3, 0.4) is 0 Å². The lowest BCUT2D eigenvalue weighted by Crippen LogP contribution is -2.30. The van der Waals surface area contributed by atoms with Crippen molar-refractivity contribution in [1.29, 1.82) is 0 Å². The van der Waals surface area contributed by atoms with Gasteiger partial charge in [0.1, 0.15) is 10.4 Å². The SMILES string of the molecule is Brc1cncc(N2CCCCC2)n1. The predicted molar refractivity (Wildman–Crippen MR) is 55.8 cm³/mol. The van der Waals surface area contributed by atoms with Gasteiger partial charge in [-0.05, 0) is 35.2 Å². The van der Waals surface area contributed by atoms with Crippen LogP contribution >= 0.6 is 15.9 Å². The fraction of sp³-hybridized carbons (Fsp3) is 0.556. The van der Waals surface area contributed by atoms with Gasteiger partial charge < -0.3 is 4.90 Å². The van der Waals surface area contributed by atoms with Crippen LogP contribution in [0.4, 0.5) is 5.82 Å². The van der Waals surface area contributed by atoms with Gasteiger partial charge in [0, 0.05) is 13.1 Å². The molecule has 0 atom stereocenters. The van der Waals surface area contributed by atoms with E-state index in [1.54, 1.807) is 6.20 Å². The van der Waals surface area contributed by atoms with Crippen LogP contribution in [0, 0.1) is 0 Å². The molecule has 1 aliphatic heterocycles. The smallest absolute Gasteiger partial charge is 0.148 e. The number of hydrogen-bond acceptors (Lipinski definition) is 3. The molecule has 70 valence electrons. The second-order valence-electron chi connectivity index (χ2n) is 3.25. The molecule has 0 bridgehead atoms. The molecule has 0 N–H and O–H groups in total. The molecule has 2 heterocycles. The van der Waals surface area contributed by atoms with Gasteiger partial charge in [0.2, 0.25) is 0 Å². The fourth-order valence-electron chi connectivity index (χ4n) is 1.61. The average molecular weight is 242 g/mol. The lowest BCUT2D eigenvalue weighted by molar-refractivity contribution is 0.572. The number of piperidine rings is 1. The van der Waals surface area contributed by atoms with Crippen molar-refractivity contribution >= 4 is 21.7 Å². The Balaban J connectivity index is 2.14. The van der Waals surface area contributed by atoms with Crippen LogP contribution in [0.5, 0.6) is 0 Å². The Morgan fingerprint density at radius 1 is 1.15 bits per heavy atom. The van der Waals surface area contributed by atoms with E-state index < -0.39 is 0 Å². The third-order valence-electron chi connectivity index (χ3n) is 2.27. The summed E-state index contributed by atoms with van der Waals surface area (Å²) in [4.78, 5) is 10.8. The van der Waals surface area contributed by atoms with Gasteiger partial charge in [-0.25, -0.2) is 4.98 Å². The number of aromatic nitrogens is 2. The standard InChI is InChI=1S/C9H12BrN3/c10-8-6-11-7-9(12-8)13-4-2-1-3-5-13/h6-7H,1-5H2. The van der Waals surface area contributed by atoms with Crippen molar-refractivity contribution in [3.8, 4) is 0 Å². The van der Waals surface area contributed by atoms with Crippen LogP contribution in [0.1, 0.15) is 19.3 Å². The summed E-state index contributed by atoms with van der Waals surface area (Å²) in [5.41, 5.74) is 0. The van der Waals surface area contributed by atoms with Gasteiger partial charge in [-0.3, -0.25) is 4.98 Å². The lowest BCUT2D eigenvalue weighted by atomic mass is 10.1. The molecule has 0 radical (unpaired) electrons. The molecule has 2 rings (SSSR count). The third-order valence-corrected chi connectivity index (χ3v) is 2.65. The molecule has 0 amide bonds. The maximum Gasteiger partial charge on any atom is 0.148 e. The van der Waals surface area contributed by atoms with E-state index in [1.807, 2.05) is 6.20 Å². The van der Waals surface area contributed by atoms with Crippen LogP contribution in [-0.2, 0) is 0 Å². The minimum absolute atomic E-state index is 0.815. The Morgan fingerprint density at radius 2 is 1.92 bits per heavy atom. The van der Waals surface area contributed by atoms with Crippen LogP contribution in [0.2, 0.25) is 0 Å². The first-order valence-corrected chi connectivity index (χ1v) is 5.38. The molecule has 0 saturated carbocycles. The van der Waals surface area contributed by atoms with E-state index in [-0.39, 0.29) is 0 Å². The van der Waals surface area contributed by atoms with Gasteiger partial charge in [-0.1, -0.05) is 0 Å². The first kappa shape index (κ1) is 8.94. The van der Waals surface area contributed by atoms with E-state index in [0.717, 1.165) is 23.5 Å². The zero-order valence-electron chi connectivity index (χ0n) is 7.41. The summed E-state index contributed by atoms with van der Waals surface area (Å²) < 4.78 is 0.815. The summed E-state index contributed by atoms with van der Waals surface area (Å²) in [5, 5.41) is 0. The molecule has 13 heavy (non-hydrogen) atoms. The van der Waals surface area contributed by atoms with Crippen molar-refractivity contribution in [2.24, 2.45) is 0 Å². The topological polar surface area (TPSA) is 29.0 Å². The van der Waals surface area contributed by atoms with E-state index in [9.17, 15) is 0 Å². The lowest BCUT2D eigenvalue weighted by Gasteiger charge is -2.27. The second-order valence-corrected chi connectivity index (χ2v) is 4.06. The molecule has 1 fully saturated rings. The number of anilines is 1. The van der Waals surface area contributed by atoms with Gasteiger partial charge in [-0.15, -0.1) is 0 Å². The summed E-state index contributed by atoms with van der Waals surface area (Å²) in [7, 11) is 0. The van der Waals surface area contributed by atoms with Crippen molar-refractivity contribution in [3.63, 3.8) is 0 Å². The van der Waals surface area contributed by atoms with E-state index in [0.29, 0.717) is 0 Å². The molecular weight excluding hydrogens is 230 g/mol. The quantitative estimate of drug-likeness (QED) is 0.756. The van der Waals surface area contributed by atoms with Crippen molar-refractivity contribution in [1.82, 2.24) is 9.97 Å². The highest BCUT2D eigenvalue weighted by atomic mass is 79.9. The van der Waals surface area contributed by atoms with Crippen LogP contribution in [0.25, 0.3) is 0 Å². The Bertz CT molecular complexity index is 284. The first-order chi connectivity index (χ1) is 6.36. The highest BCUT2D eigenvalue weighted by Gasteiger charge is 2.11. The minimum atomic E-state index is 0.815. The molecule has 1 aliphatic rings. The molecule has 3 nitrogen and oxygen atoms in total. The van der Waals surface area contributed by atoms with Crippen molar-refractivity contribution in [2.75, 3.05) is 18.0 Å². The minimum Gasteiger partial charge on any atom is -0.355 e. The molecule has 0 aromatic carbocycles. The summed E-state index contributed by atoms with van der Waals surface area (Å²) in [6.45, 7) is 2.23. The van der Waals surface area contributed by atoms with Gasteiger partial charge in [0.25, 0.3) is 0 Å². The normalized spacial score (nSPS) is 17.5. The molecule has 0 spiro atoms. The van der Waals surface area contributed by atoms with E-state index in [4.69, 9.17) is 0 Å². The van der Waals surface area contributed by atoms with Gasteiger partial charge in [0.05, 0.1) is 12.4 Å². The molecule has 1 aromatic rings. The summed E-state index contributed by atoms with van der Waals surface area (Å²) >= 11 is 3.33. The molecule has 0 aliphatic carbocycles. The molecule has 1 saturated heterocycles. The zero-order valence-corrected chi connectivity index (χ0v) is 9.00. The van der Waals surface area contributed by atoms with Crippen LogP contribution in [0.15, 0.2) is 17.0 Å². The maximum atomic E-state index is 4.38. The maximum absolute atomic E-state index is 4.38. The molecule has 4 heteroatoms. The fourth-order valence-corrected chi connectivity index (χ4v) is 1.91. The summed E-state index contributed by atoms with van der Waals surface area (Å²) in [5.74, 6) is 0.995. The average Bonchev–Trinajstić information content (AvgIpc) is 2.19. The second kappa shape index (κ2) is 4.05. The summed E-state index contributed by atoms with van der Waals surface area (Å²) in [6.07, 6.45) is 7.43. The van der Waals surface area contributed by atoms with Crippen molar-refractivity contribution < 1.29 is 0 Å². The Kier molecular flexibility index (Phi) is 2.78. The zero-order chi connectivity index (χ0) is 9.10. The van der Waals surface area contributed by atoms with Crippen LogP contribution in [-0.4, -0.2) is 23.1 Å². The number of nitrogens with zero attached hydrogens (tertiary/aromatic N) is 3. The van der Waals surface area contributed by atoms with Crippen LogP contribution < -0.4 is 4.90 Å². The van der Waals surface area contributed by atoms with Gasteiger partial charge >= 0.3 is 0 Å². The molecule has 1 aromatic heterocycles. The van der Waals surface area contributed by atoms with E-state index in [2.05, 4.69) is 30.8 Å². The highest BCUT2D eigenvalue weighted by molar-refractivity contribution is 9.10. The Morgan fingerprint density at radius 3 is 2.62 bits per heavy atom. The summed E-state index contributed by atoms with van der Waals surface area (Å²) in [6, 6.07) is 0. The molecular formula is C9H12BrN3. The number of rotatable bonds is 1. The number of halogens is 1. The highest BCUT2D eigenvalue weighted by Crippen LogP contribution is 2.17. The third kappa shape index (κ3) is 2.18. The predicted octanol–water partition coefficient (Wildman–Crippen LogP) is 2.23. The van der Waals surface area contributed by atoms with Gasteiger partial charge in [-0.2, -0.15) is 0 Å². The monoisotopic (exact) mass is 241 g/mol. The largest absolute Gasteiger partial charge is 0.355 e. The van der Waals surface area contributed by atoms with Crippen molar-refractivity contribution in [3.05, 3.63) is 17.0 Å².